The van der Waals surface area contributed by atoms with Gasteiger partial charge in [-0.05, 0) is 36.1 Å². The molecule has 0 aromatic heterocycles. The van der Waals surface area contributed by atoms with Crippen molar-refractivity contribution in [2.45, 2.75) is 19.3 Å². The van der Waals surface area contributed by atoms with E-state index in [9.17, 15) is 4.79 Å². The molecule has 15 heavy (non-hydrogen) atoms. The van der Waals surface area contributed by atoms with Crippen LogP contribution in [-0.2, 0) is 11.2 Å². The molecule has 0 fully saturated rings. The average molecular weight is 224 g/mol. The number of hydrogen-bond acceptors (Lipinski definition) is 2. The molecule has 0 aliphatic carbocycles. The predicted molar refractivity (Wildman–Crippen MR) is 62.5 cm³/mol. The van der Waals surface area contributed by atoms with Gasteiger partial charge in [0.2, 0.25) is 5.24 Å². The minimum atomic E-state index is -0.234. The normalized spacial score (nSPS) is 14.1. The third-order valence-corrected chi connectivity index (χ3v) is 2.97. The summed E-state index contributed by atoms with van der Waals surface area (Å²) in [4.78, 5) is 12.9. The van der Waals surface area contributed by atoms with Crippen molar-refractivity contribution in [3.05, 3.63) is 29.8 Å². The molecule has 0 bridgehead atoms. The van der Waals surface area contributed by atoms with E-state index < -0.39 is 0 Å². The van der Waals surface area contributed by atoms with Crippen LogP contribution in [0.25, 0.3) is 0 Å². The van der Waals surface area contributed by atoms with E-state index >= 15 is 0 Å². The Morgan fingerprint density at radius 2 is 2.20 bits per heavy atom. The monoisotopic (exact) mass is 223 g/mol. The van der Waals surface area contributed by atoms with Crippen molar-refractivity contribution in [1.29, 1.82) is 0 Å². The largest absolute Gasteiger partial charge is 0.371 e. The van der Waals surface area contributed by atoms with Gasteiger partial charge in [-0.2, -0.15) is 0 Å². The molecule has 0 atom stereocenters. The van der Waals surface area contributed by atoms with Crippen LogP contribution in [0, 0.1) is 0 Å². The first-order valence-electron chi connectivity index (χ1n) is 5.28. The lowest BCUT2D eigenvalue weighted by molar-refractivity contribution is -0.111. The maximum Gasteiger partial charge on any atom is 0.221 e. The van der Waals surface area contributed by atoms with Gasteiger partial charge in [-0.3, -0.25) is 4.79 Å². The van der Waals surface area contributed by atoms with E-state index in [1.54, 1.807) is 0 Å². The molecule has 0 amide bonds. The average Bonchev–Trinajstić information content (AvgIpc) is 2.62. The van der Waals surface area contributed by atoms with Gasteiger partial charge in [0.05, 0.1) is 0 Å². The van der Waals surface area contributed by atoms with Crippen molar-refractivity contribution in [1.82, 2.24) is 0 Å². The third-order valence-electron chi connectivity index (χ3n) is 2.78. The minimum absolute atomic E-state index is 0.234. The van der Waals surface area contributed by atoms with Crippen LogP contribution in [0.5, 0.6) is 0 Å². The van der Waals surface area contributed by atoms with E-state index in [0.29, 0.717) is 6.42 Å². The summed E-state index contributed by atoms with van der Waals surface area (Å²) in [7, 11) is 0. The van der Waals surface area contributed by atoms with Crippen LogP contribution >= 0.6 is 11.6 Å². The van der Waals surface area contributed by atoms with Gasteiger partial charge in [0.1, 0.15) is 0 Å². The van der Waals surface area contributed by atoms with Crippen molar-refractivity contribution in [2.24, 2.45) is 0 Å². The van der Waals surface area contributed by atoms with Crippen LogP contribution in [-0.4, -0.2) is 18.3 Å². The Labute approximate surface area is 94.8 Å². The number of halogens is 1. The Morgan fingerprint density at radius 3 is 3.00 bits per heavy atom. The lowest BCUT2D eigenvalue weighted by Crippen LogP contribution is -2.21. The third kappa shape index (κ3) is 2.51. The number of benzene rings is 1. The Bertz CT molecular complexity index is 364. The molecule has 80 valence electrons. The van der Waals surface area contributed by atoms with Gasteiger partial charge >= 0.3 is 0 Å². The summed E-state index contributed by atoms with van der Waals surface area (Å²) in [6.07, 6.45) is 2.43. The molecule has 0 N–H and O–H groups in total. The number of anilines is 1. The highest BCUT2D eigenvalue weighted by molar-refractivity contribution is 6.63. The Balaban J connectivity index is 1.93. The lowest BCUT2D eigenvalue weighted by atomic mass is 10.2. The van der Waals surface area contributed by atoms with Crippen LogP contribution < -0.4 is 4.90 Å². The zero-order valence-corrected chi connectivity index (χ0v) is 9.33. The first-order chi connectivity index (χ1) is 7.27. The maximum absolute atomic E-state index is 10.6. The standard InChI is InChI=1S/C12H14ClNO/c13-12(15)6-3-8-14-9-7-10-4-1-2-5-11(10)14/h1-2,4-5H,3,6-9H2. The van der Waals surface area contributed by atoms with E-state index in [1.165, 1.54) is 11.3 Å². The van der Waals surface area contributed by atoms with E-state index in [2.05, 4.69) is 29.2 Å². The fourth-order valence-corrected chi connectivity index (χ4v) is 2.18. The van der Waals surface area contributed by atoms with Crippen molar-refractivity contribution in [3.63, 3.8) is 0 Å². The van der Waals surface area contributed by atoms with Gasteiger partial charge in [-0.15, -0.1) is 0 Å². The van der Waals surface area contributed by atoms with Crippen LogP contribution in [0.1, 0.15) is 18.4 Å². The Kier molecular flexibility index (Phi) is 3.27. The SMILES string of the molecule is O=C(Cl)CCCN1CCc2ccccc21. The van der Waals surface area contributed by atoms with Crippen LogP contribution in [0.15, 0.2) is 24.3 Å². The summed E-state index contributed by atoms with van der Waals surface area (Å²) in [5, 5.41) is -0.234. The molecule has 0 spiro atoms. The van der Waals surface area contributed by atoms with Gasteiger partial charge in [-0.1, -0.05) is 18.2 Å². The summed E-state index contributed by atoms with van der Waals surface area (Å²) < 4.78 is 0. The second-order valence-electron chi connectivity index (χ2n) is 3.82. The number of carbonyl (C=O) groups excluding carboxylic acids is 1. The summed E-state index contributed by atoms with van der Waals surface area (Å²) in [6.45, 7) is 1.99. The van der Waals surface area contributed by atoms with E-state index in [4.69, 9.17) is 11.6 Å². The maximum atomic E-state index is 10.6. The molecule has 3 heteroatoms. The molecule has 1 heterocycles. The summed E-state index contributed by atoms with van der Waals surface area (Å²) in [5.74, 6) is 0. The summed E-state index contributed by atoms with van der Waals surface area (Å²) in [6, 6.07) is 8.45. The van der Waals surface area contributed by atoms with Crippen LogP contribution in [0.3, 0.4) is 0 Å². The van der Waals surface area contributed by atoms with Gasteiger partial charge in [0.15, 0.2) is 0 Å². The van der Waals surface area contributed by atoms with Gasteiger partial charge < -0.3 is 4.90 Å². The number of rotatable bonds is 4. The number of carbonyl (C=O) groups is 1. The smallest absolute Gasteiger partial charge is 0.221 e. The molecule has 0 radical (unpaired) electrons. The molecular formula is C12H14ClNO. The fraction of sp³-hybridized carbons (Fsp3) is 0.417. The highest BCUT2D eigenvalue weighted by Gasteiger charge is 2.17. The number of hydrogen-bond donors (Lipinski definition) is 0. The lowest BCUT2D eigenvalue weighted by Gasteiger charge is -2.18. The molecule has 2 nitrogen and oxygen atoms in total. The molecule has 0 saturated heterocycles. The number of para-hydroxylation sites is 1. The van der Waals surface area contributed by atoms with E-state index in [1.807, 2.05) is 0 Å². The van der Waals surface area contributed by atoms with Crippen molar-refractivity contribution in [3.8, 4) is 0 Å². The van der Waals surface area contributed by atoms with Gasteiger partial charge in [0, 0.05) is 25.2 Å². The molecule has 0 saturated carbocycles. The molecular weight excluding hydrogens is 210 g/mol. The summed E-state index contributed by atoms with van der Waals surface area (Å²) >= 11 is 5.31. The van der Waals surface area contributed by atoms with E-state index in [0.717, 1.165) is 25.9 Å². The second-order valence-corrected chi connectivity index (χ2v) is 4.25. The Hall–Kier alpha value is -1.02. The highest BCUT2D eigenvalue weighted by Crippen LogP contribution is 2.27. The van der Waals surface area contributed by atoms with Crippen molar-refractivity contribution >= 4 is 22.5 Å². The molecule has 2 rings (SSSR count). The first kappa shape index (κ1) is 10.5. The van der Waals surface area contributed by atoms with Crippen molar-refractivity contribution in [2.75, 3.05) is 18.0 Å². The molecule has 1 aliphatic heterocycles. The summed E-state index contributed by atoms with van der Waals surface area (Å²) in [5.41, 5.74) is 2.73. The zero-order valence-electron chi connectivity index (χ0n) is 8.58. The fourth-order valence-electron chi connectivity index (χ4n) is 2.05. The molecule has 1 aromatic rings. The zero-order chi connectivity index (χ0) is 10.7. The van der Waals surface area contributed by atoms with Gasteiger partial charge in [0.25, 0.3) is 0 Å². The number of fused-ring (bicyclic) bond motifs is 1. The van der Waals surface area contributed by atoms with Crippen LogP contribution in [0.4, 0.5) is 5.69 Å². The quantitative estimate of drug-likeness (QED) is 0.732. The second kappa shape index (κ2) is 4.67. The highest BCUT2D eigenvalue weighted by atomic mass is 35.5. The first-order valence-corrected chi connectivity index (χ1v) is 5.66. The van der Waals surface area contributed by atoms with E-state index in [-0.39, 0.29) is 5.24 Å². The topological polar surface area (TPSA) is 20.3 Å². The van der Waals surface area contributed by atoms with Crippen LogP contribution in [0.2, 0.25) is 0 Å². The minimum Gasteiger partial charge on any atom is -0.371 e. The van der Waals surface area contributed by atoms with Crippen molar-refractivity contribution < 1.29 is 4.79 Å². The van der Waals surface area contributed by atoms with Gasteiger partial charge in [-0.25, -0.2) is 0 Å². The molecule has 1 aromatic carbocycles. The Morgan fingerprint density at radius 1 is 1.40 bits per heavy atom. The molecule has 0 unspecified atom stereocenters. The molecule has 1 aliphatic rings. The predicted octanol–water partition coefficient (Wildman–Crippen LogP) is 2.59. The number of nitrogens with zero attached hydrogens (tertiary/aromatic N) is 1.